The molecule has 0 radical (unpaired) electrons. The molecule has 0 aliphatic heterocycles. The van der Waals surface area contributed by atoms with Crippen molar-refractivity contribution in [2.45, 2.75) is 51.5 Å². The lowest BCUT2D eigenvalue weighted by Crippen LogP contribution is -2.49. The number of carbonyl (C=O) groups is 3. The minimum absolute atomic E-state index is 0.0868. The number of benzene rings is 1. The Labute approximate surface area is 142 Å². The van der Waals surface area contributed by atoms with E-state index in [4.69, 9.17) is 5.11 Å². The van der Waals surface area contributed by atoms with Gasteiger partial charge in [0.2, 0.25) is 5.91 Å². The number of carbonyl (C=O) groups excluding carboxylic acids is 2. The number of nitrogens with one attached hydrogen (secondary N) is 2. The van der Waals surface area contributed by atoms with Gasteiger partial charge < -0.3 is 15.7 Å². The number of aliphatic carboxylic acids is 1. The molecular weight excluding hydrogens is 308 g/mol. The van der Waals surface area contributed by atoms with Crippen molar-refractivity contribution in [1.82, 2.24) is 10.6 Å². The second-order valence-electron chi connectivity index (χ2n) is 5.83. The minimum Gasteiger partial charge on any atom is -0.481 e. The normalized spacial score (nSPS) is 10.9. The Morgan fingerprint density at radius 1 is 1.08 bits per heavy atom. The van der Waals surface area contributed by atoms with Crippen molar-refractivity contribution in [3.8, 4) is 0 Å². The van der Waals surface area contributed by atoms with Crippen LogP contribution in [-0.2, 0) is 9.59 Å². The summed E-state index contributed by atoms with van der Waals surface area (Å²) >= 11 is 0. The lowest BCUT2D eigenvalue weighted by Gasteiger charge is -2.31. The molecule has 24 heavy (non-hydrogen) atoms. The number of hydrogen-bond donors (Lipinski definition) is 3. The van der Waals surface area contributed by atoms with E-state index in [1.54, 1.807) is 24.3 Å². The molecule has 1 aromatic carbocycles. The van der Waals surface area contributed by atoms with Crippen LogP contribution in [0.25, 0.3) is 0 Å². The van der Waals surface area contributed by atoms with E-state index in [9.17, 15) is 14.4 Å². The molecule has 0 bridgehead atoms. The molecule has 0 aliphatic rings. The minimum atomic E-state index is -0.922. The van der Waals surface area contributed by atoms with Crippen LogP contribution in [-0.4, -0.2) is 35.0 Å². The maximum absolute atomic E-state index is 12.1. The van der Waals surface area contributed by atoms with Gasteiger partial charge in [-0.2, -0.15) is 0 Å². The number of rotatable bonds is 10. The van der Waals surface area contributed by atoms with E-state index in [2.05, 4.69) is 10.6 Å². The van der Waals surface area contributed by atoms with Gasteiger partial charge in [0.25, 0.3) is 5.91 Å². The molecule has 132 valence electrons. The van der Waals surface area contributed by atoms with Gasteiger partial charge in [-0.1, -0.05) is 32.0 Å². The van der Waals surface area contributed by atoms with Crippen molar-refractivity contribution < 1.29 is 19.5 Å². The Hall–Kier alpha value is -2.37. The van der Waals surface area contributed by atoms with Gasteiger partial charge in [-0.25, -0.2) is 0 Å². The highest BCUT2D eigenvalue weighted by atomic mass is 16.4. The van der Waals surface area contributed by atoms with Gasteiger partial charge in [0, 0.05) is 24.1 Å². The van der Waals surface area contributed by atoms with Crippen LogP contribution in [0.4, 0.5) is 0 Å². The summed E-state index contributed by atoms with van der Waals surface area (Å²) in [4.78, 5) is 34.9. The van der Waals surface area contributed by atoms with Crippen LogP contribution in [0.5, 0.6) is 0 Å². The molecule has 0 saturated heterocycles. The Kier molecular flexibility index (Phi) is 7.95. The number of carboxylic acid groups (broad SMARTS) is 1. The topological polar surface area (TPSA) is 95.5 Å². The largest absolute Gasteiger partial charge is 0.481 e. The molecule has 0 unspecified atom stereocenters. The predicted molar refractivity (Wildman–Crippen MR) is 91.7 cm³/mol. The summed E-state index contributed by atoms with van der Waals surface area (Å²) in [5, 5.41) is 14.6. The van der Waals surface area contributed by atoms with Crippen LogP contribution in [0.15, 0.2) is 30.3 Å². The highest BCUT2D eigenvalue weighted by Gasteiger charge is 2.30. The van der Waals surface area contributed by atoms with Crippen molar-refractivity contribution in [2.75, 3.05) is 6.54 Å². The lowest BCUT2D eigenvalue weighted by molar-refractivity contribution is -0.139. The average molecular weight is 334 g/mol. The van der Waals surface area contributed by atoms with E-state index in [1.807, 2.05) is 19.9 Å². The monoisotopic (exact) mass is 334 g/mol. The summed E-state index contributed by atoms with van der Waals surface area (Å²) in [7, 11) is 0. The molecule has 0 fully saturated rings. The highest BCUT2D eigenvalue weighted by Crippen LogP contribution is 2.20. The average Bonchev–Trinajstić information content (AvgIpc) is 2.58. The van der Waals surface area contributed by atoms with E-state index in [0.29, 0.717) is 31.4 Å². The molecule has 0 atom stereocenters. The molecule has 1 aromatic rings. The Bertz CT molecular complexity index is 553. The molecule has 0 saturated carbocycles. The maximum atomic E-state index is 12.1. The van der Waals surface area contributed by atoms with Crippen molar-refractivity contribution >= 4 is 17.8 Å². The summed E-state index contributed by atoms with van der Waals surface area (Å²) in [6, 6.07) is 8.88. The van der Waals surface area contributed by atoms with Gasteiger partial charge in [-0.15, -0.1) is 0 Å². The summed E-state index contributed by atoms with van der Waals surface area (Å²) in [5.41, 5.74) is -0.115. The first-order valence-corrected chi connectivity index (χ1v) is 8.28. The number of hydrogen-bond acceptors (Lipinski definition) is 3. The van der Waals surface area contributed by atoms with E-state index >= 15 is 0 Å². The van der Waals surface area contributed by atoms with E-state index in [-0.39, 0.29) is 24.7 Å². The van der Waals surface area contributed by atoms with E-state index in [0.717, 1.165) is 0 Å². The Morgan fingerprint density at radius 3 is 2.25 bits per heavy atom. The summed E-state index contributed by atoms with van der Waals surface area (Å²) in [6.45, 7) is 4.13. The smallest absolute Gasteiger partial charge is 0.305 e. The third kappa shape index (κ3) is 6.40. The van der Waals surface area contributed by atoms with Gasteiger partial charge in [-0.3, -0.25) is 14.4 Å². The first kappa shape index (κ1) is 19.7. The van der Waals surface area contributed by atoms with E-state index in [1.165, 1.54) is 0 Å². The third-order valence-electron chi connectivity index (χ3n) is 4.15. The fourth-order valence-corrected chi connectivity index (χ4v) is 2.51. The molecule has 6 heteroatoms. The predicted octanol–water partition coefficient (Wildman–Crippen LogP) is 2.35. The SMILES string of the molecule is CCC(CC)(CC(=O)O)NC(=O)CCCNC(=O)c1ccccc1. The molecule has 1 rings (SSSR count). The Balaban J connectivity index is 2.37. The Morgan fingerprint density at radius 2 is 1.71 bits per heavy atom. The number of amides is 2. The summed E-state index contributed by atoms with van der Waals surface area (Å²) in [5.74, 6) is -1.28. The first-order valence-electron chi connectivity index (χ1n) is 8.28. The standard InChI is InChI=1S/C18H26N2O4/c1-3-18(4-2,13-16(22)23)20-15(21)11-8-12-19-17(24)14-9-6-5-7-10-14/h5-7,9-10H,3-4,8,11-13H2,1-2H3,(H,19,24)(H,20,21)(H,22,23). The molecular formula is C18H26N2O4. The van der Waals surface area contributed by atoms with Gasteiger partial charge in [0.1, 0.15) is 0 Å². The fourth-order valence-electron chi connectivity index (χ4n) is 2.51. The first-order chi connectivity index (χ1) is 11.4. The highest BCUT2D eigenvalue weighted by molar-refractivity contribution is 5.94. The van der Waals surface area contributed by atoms with Crippen LogP contribution in [0, 0.1) is 0 Å². The zero-order valence-corrected chi connectivity index (χ0v) is 14.3. The molecule has 3 N–H and O–H groups in total. The zero-order valence-electron chi connectivity index (χ0n) is 14.3. The lowest BCUT2D eigenvalue weighted by atomic mass is 9.88. The van der Waals surface area contributed by atoms with Crippen molar-refractivity contribution in [2.24, 2.45) is 0 Å². The molecule has 6 nitrogen and oxygen atoms in total. The molecule has 2 amide bonds. The van der Waals surface area contributed by atoms with Crippen molar-refractivity contribution in [3.63, 3.8) is 0 Å². The molecule has 0 spiro atoms. The second kappa shape index (κ2) is 9.70. The van der Waals surface area contributed by atoms with E-state index < -0.39 is 11.5 Å². The van der Waals surface area contributed by atoms with Gasteiger partial charge >= 0.3 is 5.97 Å². The van der Waals surface area contributed by atoms with Crippen LogP contribution < -0.4 is 10.6 Å². The second-order valence-corrected chi connectivity index (χ2v) is 5.83. The van der Waals surface area contributed by atoms with Gasteiger partial charge in [0.05, 0.1) is 6.42 Å². The zero-order chi connectivity index (χ0) is 18.0. The number of carboxylic acids is 1. The quantitative estimate of drug-likeness (QED) is 0.572. The molecule has 0 aromatic heterocycles. The molecule has 0 aliphatic carbocycles. The fraction of sp³-hybridized carbons (Fsp3) is 0.500. The van der Waals surface area contributed by atoms with Crippen LogP contribution in [0.1, 0.15) is 56.3 Å². The summed E-state index contributed by atoms with van der Waals surface area (Å²) < 4.78 is 0. The van der Waals surface area contributed by atoms with Crippen LogP contribution in [0.3, 0.4) is 0 Å². The van der Waals surface area contributed by atoms with Crippen molar-refractivity contribution in [1.29, 1.82) is 0 Å². The van der Waals surface area contributed by atoms with Crippen LogP contribution in [0.2, 0.25) is 0 Å². The van der Waals surface area contributed by atoms with Crippen LogP contribution >= 0.6 is 0 Å². The molecule has 0 heterocycles. The van der Waals surface area contributed by atoms with Gasteiger partial charge in [-0.05, 0) is 31.4 Å². The van der Waals surface area contributed by atoms with Crippen molar-refractivity contribution in [3.05, 3.63) is 35.9 Å². The maximum Gasteiger partial charge on any atom is 0.305 e. The summed E-state index contributed by atoms with van der Waals surface area (Å²) in [6.07, 6.45) is 1.78. The third-order valence-corrected chi connectivity index (χ3v) is 4.15. The van der Waals surface area contributed by atoms with Gasteiger partial charge in [0.15, 0.2) is 0 Å².